The number of hydrogen-bond acceptors (Lipinski definition) is 4. The molecule has 0 spiro atoms. The van der Waals surface area contributed by atoms with Crippen molar-refractivity contribution in [3.05, 3.63) is 59.7 Å². The number of carbonyl (C=O) groups is 2. The number of hydrogen-bond donors (Lipinski definition) is 2. The SMILES string of the molecule is NS(=O)(=O)c1ccc(NC(=O)CN2Cc3ccccc3C2=O)cc1. The molecule has 2 aromatic rings. The van der Waals surface area contributed by atoms with E-state index in [4.69, 9.17) is 5.14 Å². The molecule has 1 heterocycles. The summed E-state index contributed by atoms with van der Waals surface area (Å²) in [5, 5.41) is 7.64. The number of nitrogens with one attached hydrogen (secondary N) is 1. The lowest BCUT2D eigenvalue weighted by Gasteiger charge is -2.15. The average molecular weight is 345 g/mol. The third kappa shape index (κ3) is 3.29. The van der Waals surface area contributed by atoms with Crippen LogP contribution in [-0.4, -0.2) is 31.7 Å². The van der Waals surface area contributed by atoms with Gasteiger partial charge >= 0.3 is 0 Å². The van der Waals surface area contributed by atoms with Crippen molar-refractivity contribution in [3.8, 4) is 0 Å². The lowest BCUT2D eigenvalue weighted by molar-refractivity contribution is -0.116. The Morgan fingerprint density at radius 2 is 1.79 bits per heavy atom. The number of nitrogens with two attached hydrogens (primary N) is 1. The summed E-state index contributed by atoms with van der Waals surface area (Å²) in [6.45, 7) is 0.317. The van der Waals surface area contributed by atoms with E-state index in [0.717, 1.165) is 5.56 Å². The van der Waals surface area contributed by atoms with E-state index in [9.17, 15) is 18.0 Å². The van der Waals surface area contributed by atoms with Gasteiger partial charge in [0, 0.05) is 17.8 Å². The Labute approximate surface area is 139 Å². The molecule has 2 aromatic carbocycles. The highest BCUT2D eigenvalue weighted by atomic mass is 32.2. The van der Waals surface area contributed by atoms with Crippen molar-refractivity contribution < 1.29 is 18.0 Å². The monoisotopic (exact) mass is 345 g/mol. The van der Waals surface area contributed by atoms with Gasteiger partial charge in [0.05, 0.1) is 4.90 Å². The van der Waals surface area contributed by atoms with E-state index in [2.05, 4.69) is 5.32 Å². The molecule has 0 saturated heterocycles. The Kier molecular flexibility index (Phi) is 4.08. The average Bonchev–Trinajstić information content (AvgIpc) is 2.83. The molecule has 1 aliphatic heterocycles. The largest absolute Gasteiger partial charge is 0.325 e. The Hall–Kier alpha value is -2.71. The number of rotatable bonds is 4. The van der Waals surface area contributed by atoms with Crippen molar-refractivity contribution in [2.24, 2.45) is 5.14 Å². The number of carbonyl (C=O) groups excluding carboxylic acids is 2. The molecule has 124 valence electrons. The van der Waals surface area contributed by atoms with Crippen LogP contribution in [-0.2, 0) is 21.4 Å². The van der Waals surface area contributed by atoms with Crippen LogP contribution in [0.4, 0.5) is 5.69 Å². The summed E-state index contributed by atoms with van der Waals surface area (Å²) in [6, 6.07) is 12.7. The third-order valence-electron chi connectivity index (χ3n) is 3.70. The minimum absolute atomic E-state index is 0.0364. The van der Waals surface area contributed by atoms with Gasteiger partial charge in [-0.05, 0) is 35.9 Å². The maximum Gasteiger partial charge on any atom is 0.254 e. The van der Waals surface area contributed by atoms with Gasteiger partial charge in [0.1, 0.15) is 6.54 Å². The first kappa shape index (κ1) is 16.2. The molecule has 3 rings (SSSR count). The van der Waals surface area contributed by atoms with E-state index in [0.29, 0.717) is 17.8 Å². The smallest absolute Gasteiger partial charge is 0.254 e. The molecular weight excluding hydrogens is 330 g/mol. The molecule has 3 N–H and O–H groups in total. The summed E-state index contributed by atoms with van der Waals surface area (Å²) in [7, 11) is -3.77. The second kappa shape index (κ2) is 6.06. The summed E-state index contributed by atoms with van der Waals surface area (Å²) in [6.07, 6.45) is 0. The Bertz CT molecular complexity index is 907. The molecule has 0 unspecified atom stereocenters. The van der Waals surface area contributed by atoms with Gasteiger partial charge in [0.15, 0.2) is 0 Å². The van der Waals surface area contributed by atoms with Gasteiger partial charge in [0.2, 0.25) is 15.9 Å². The molecule has 0 saturated carbocycles. The first-order valence-corrected chi connectivity index (χ1v) is 8.69. The highest BCUT2D eigenvalue weighted by Crippen LogP contribution is 2.22. The first-order chi connectivity index (χ1) is 11.3. The highest BCUT2D eigenvalue weighted by Gasteiger charge is 2.28. The standard InChI is InChI=1S/C16H15N3O4S/c17-24(22,23)13-7-5-12(6-8-13)18-15(20)10-19-9-11-3-1-2-4-14(11)16(19)21/h1-8H,9-10H2,(H,18,20)(H2,17,22,23). The molecule has 2 amide bonds. The number of fused-ring (bicyclic) bond motifs is 1. The minimum Gasteiger partial charge on any atom is -0.325 e. The number of primary sulfonamides is 1. The van der Waals surface area contributed by atoms with E-state index in [1.807, 2.05) is 12.1 Å². The molecule has 0 aliphatic carbocycles. The molecular formula is C16H15N3O4S. The molecule has 8 heteroatoms. The van der Waals surface area contributed by atoms with Crippen molar-refractivity contribution in [1.82, 2.24) is 4.90 Å². The highest BCUT2D eigenvalue weighted by molar-refractivity contribution is 7.89. The Balaban J connectivity index is 1.64. The van der Waals surface area contributed by atoms with Gasteiger partial charge < -0.3 is 10.2 Å². The second-order valence-electron chi connectivity index (χ2n) is 5.44. The van der Waals surface area contributed by atoms with Crippen LogP contribution in [0.1, 0.15) is 15.9 Å². The lowest BCUT2D eigenvalue weighted by atomic mass is 10.1. The van der Waals surface area contributed by atoms with Crippen LogP contribution in [0.5, 0.6) is 0 Å². The fourth-order valence-corrected chi connectivity index (χ4v) is 3.06. The number of benzene rings is 2. The summed E-state index contributed by atoms with van der Waals surface area (Å²) in [5.41, 5.74) is 1.94. The van der Waals surface area contributed by atoms with Crippen LogP contribution in [0.25, 0.3) is 0 Å². The summed E-state index contributed by atoms with van der Waals surface area (Å²) in [5.74, 6) is -0.537. The van der Waals surface area contributed by atoms with E-state index < -0.39 is 10.0 Å². The molecule has 0 radical (unpaired) electrons. The van der Waals surface area contributed by atoms with Crippen LogP contribution >= 0.6 is 0 Å². The molecule has 24 heavy (non-hydrogen) atoms. The van der Waals surface area contributed by atoms with Crippen LogP contribution in [0.15, 0.2) is 53.4 Å². The van der Waals surface area contributed by atoms with E-state index in [1.54, 1.807) is 12.1 Å². The third-order valence-corrected chi connectivity index (χ3v) is 4.63. The Morgan fingerprint density at radius 1 is 1.12 bits per heavy atom. The van der Waals surface area contributed by atoms with Crippen LogP contribution < -0.4 is 10.5 Å². The number of amides is 2. The van der Waals surface area contributed by atoms with E-state index >= 15 is 0 Å². The van der Waals surface area contributed by atoms with Crippen molar-refractivity contribution in [1.29, 1.82) is 0 Å². The zero-order chi connectivity index (χ0) is 17.3. The van der Waals surface area contributed by atoms with Crippen LogP contribution in [0, 0.1) is 0 Å². The van der Waals surface area contributed by atoms with Crippen molar-refractivity contribution in [2.75, 3.05) is 11.9 Å². The minimum atomic E-state index is -3.77. The molecule has 7 nitrogen and oxygen atoms in total. The lowest BCUT2D eigenvalue weighted by Crippen LogP contribution is -2.33. The summed E-state index contributed by atoms with van der Waals surface area (Å²) in [4.78, 5) is 25.7. The maximum absolute atomic E-state index is 12.2. The summed E-state index contributed by atoms with van der Waals surface area (Å²) >= 11 is 0. The van der Waals surface area contributed by atoms with Gasteiger partial charge in [-0.1, -0.05) is 18.2 Å². The van der Waals surface area contributed by atoms with Crippen molar-refractivity contribution >= 4 is 27.5 Å². The number of anilines is 1. The Morgan fingerprint density at radius 3 is 2.42 bits per heavy atom. The molecule has 0 atom stereocenters. The van der Waals surface area contributed by atoms with E-state index in [-0.39, 0.29) is 23.3 Å². The van der Waals surface area contributed by atoms with Gasteiger partial charge in [-0.15, -0.1) is 0 Å². The zero-order valence-electron chi connectivity index (χ0n) is 12.6. The summed E-state index contributed by atoms with van der Waals surface area (Å²) < 4.78 is 22.4. The molecule has 0 fully saturated rings. The maximum atomic E-state index is 12.2. The molecule has 0 bridgehead atoms. The van der Waals surface area contributed by atoms with Gasteiger partial charge in [0.25, 0.3) is 5.91 Å². The van der Waals surface area contributed by atoms with Crippen LogP contribution in [0.2, 0.25) is 0 Å². The fraction of sp³-hybridized carbons (Fsp3) is 0.125. The second-order valence-corrected chi connectivity index (χ2v) is 7.00. The van der Waals surface area contributed by atoms with Gasteiger partial charge in [-0.3, -0.25) is 9.59 Å². The quantitative estimate of drug-likeness (QED) is 0.859. The van der Waals surface area contributed by atoms with Crippen molar-refractivity contribution in [2.45, 2.75) is 11.4 Å². The number of sulfonamides is 1. The zero-order valence-corrected chi connectivity index (χ0v) is 13.4. The predicted octanol–water partition coefficient (Wildman–Crippen LogP) is 0.928. The molecule has 0 aromatic heterocycles. The predicted molar refractivity (Wildman–Crippen MR) is 87.6 cm³/mol. The van der Waals surface area contributed by atoms with Crippen LogP contribution in [0.3, 0.4) is 0 Å². The van der Waals surface area contributed by atoms with Crippen molar-refractivity contribution in [3.63, 3.8) is 0 Å². The normalized spacial score (nSPS) is 13.7. The fourth-order valence-electron chi connectivity index (χ4n) is 2.54. The first-order valence-electron chi connectivity index (χ1n) is 7.14. The van der Waals surface area contributed by atoms with Gasteiger partial charge in [-0.25, -0.2) is 13.6 Å². The van der Waals surface area contributed by atoms with Gasteiger partial charge in [-0.2, -0.15) is 0 Å². The molecule has 1 aliphatic rings. The van der Waals surface area contributed by atoms with E-state index in [1.165, 1.54) is 29.2 Å². The topological polar surface area (TPSA) is 110 Å². The number of nitrogens with zero attached hydrogens (tertiary/aromatic N) is 1.